The Hall–Kier alpha value is -2.14. The number of benzene rings is 2. The molecule has 2 rings (SSSR count). The molecule has 0 radical (unpaired) electrons. The van der Waals surface area contributed by atoms with Crippen LogP contribution in [-0.2, 0) is 16.1 Å². The first-order valence-corrected chi connectivity index (χ1v) is 7.00. The summed E-state index contributed by atoms with van der Waals surface area (Å²) < 4.78 is 10.4. The summed E-state index contributed by atoms with van der Waals surface area (Å²) in [4.78, 5) is 23.6. The molecular weight excluding hydrogens is 336 g/mol. The first kappa shape index (κ1) is 15.3. The Kier molecular flexibility index (Phi) is 5.11. The zero-order valence-corrected chi connectivity index (χ0v) is 12.9. The van der Waals surface area contributed by atoms with Gasteiger partial charge in [0.15, 0.2) is 0 Å². The normalized spacial score (nSPS) is 10.0. The van der Waals surface area contributed by atoms with Crippen LogP contribution in [0.25, 0.3) is 0 Å². The van der Waals surface area contributed by atoms with Gasteiger partial charge in [0.25, 0.3) is 0 Å². The number of hydrogen-bond acceptors (Lipinski definition) is 4. The third kappa shape index (κ3) is 3.92. The summed E-state index contributed by atoms with van der Waals surface area (Å²) in [5.74, 6) is -1.00. The Bertz CT molecular complexity index is 653. The van der Waals surface area contributed by atoms with Crippen LogP contribution in [0.2, 0.25) is 0 Å². The molecule has 0 unspecified atom stereocenters. The SMILES string of the molecule is COC(=O)c1cc(C(=O)OCc2ccccc2)ccc1Br. The Morgan fingerprint density at radius 2 is 1.76 bits per heavy atom. The van der Waals surface area contributed by atoms with Crippen molar-refractivity contribution < 1.29 is 19.1 Å². The summed E-state index contributed by atoms with van der Waals surface area (Å²) in [7, 11) is 1.29. The van der Waals surface area contributed by atoms with Crippen LogP contribution in [0.3, 0.4) is 0 Å². The number of rotatable bonds is 4. The zero-order valence-electron chi connectivity index (χ0n) is 11.3. The zero-order chi connectivity index (χ0) is 15.2. The van der Waals surface area contributed by atoms with Gasteiger partial charge in [-0.3, -0.25) is 0 Å². The van der Waals surface area contributed by atoms with Crippen LogP contribution in [0, 0.1) is 0 Å². The number of esters is 2. The van der Waals surface area contributed by atoms with Crippen molar-refractivity contribution in [1.82, 2.24) is 0 Å². The van der Waals surface area contributed by atoms with E-state index in [1.54, 1.807) is 12.1 Å². The van der Waals surface area contributed by atoms with Gasteiger partial charge in [0, 0.05) is 4.47 Å². The molecule has 21 heavy (non-hydrogen) atoms. The lowest BCUT2D eigenvalue weighted by atomic mass is 10.1. The number of ether oxygens (including phenoxy) is 2. The molecule has 0 spiro atoms. The number of halogens is 1. The second-order valence-electron chi connectivity index (χ2n) is 4.25. The van der Waals surface area contributed by atoms with Gasteiger partial charge in [-0.2, -0.15) is 0 Å². The molecule has 0 saturated heterocycles. The minimum atomic E-state index is -0.514. The average Bonchev–Trinajstić information content (AvgIpc) is 2.53. The molecule has 4 nitrogen and oxygen atoms in total. The highest BCUT2D eigenvalue weighted by Crippen LogP contribution is 2.20. The second kappa shape index (κ2) is 7.04. The van der Waals surface area contributed by atoms with Crippen molar-refractivity contribution in [3.63, 3.8) is 0 Å². The molecule has 0 heterocycles. The highest BCUT2D eigenvalue weighted by Gasteiger charge is 2.15. The Morgan fingerprint density at radius 3 is 2.43 bits per heavy atom. The summed E-state index contributed by atoms with van der Waals surface area (Å²) in [6.07, 6.45) is 0. The second-order valence-corrected chi connectivity index (χ2v) is 5.10. The molecule has 0 fully saturated rings. The maximum Gasteiger partial charge on any atom is 0.339 e. The van der Waals surface area contributed by atoms with Crippen LogP contribution in [0.1, 0.15) is 26.3 Å². The van der Waals surface area contributed by atoms with Gasteiger partial charge in [-0.15, -0.1) is 0 Å². The van der Waals surface area contributed by atoms with E-state index in [-0.39, 0.29) is 12.2 Å². The minimum Gasteiger partial charge on any atom is -0.465 e. The summed E-state index contributed by atoms with van der Waals surface area (Å²) in [5, 5.41) is 0. The lowest BCUT2D eigenvalue weighted by molar-refractivity contribution is 0.0472. The molecule has 2 aromatic rings. The van der Waals surface area contributed by atoms with E-state index >= 15 is 0 Å². The largest absolute Gasteiger partial charge is 0.465 e. The van der Waals surface area contributed by atoms with Crippen LogP contribution in [0.5, 0.6) is 0 Å². The molecule has 2 aromatic carbocycles. The predicted octanol–water partition coefficient (Wildman–Crippen LogP) is 3.59. The van der Waals surface area contributed by atoms with Gasteiger partial charge in [-0.25, -0.2) is 9.59 Å². The molecular formula is C16H13BrO4. The van der Waals surface area contributed by atoms with Crippen molar-refractivity contribution in [2.24, 2.45) is 0 Å². The maximum absolute atomic E-state index is 12.0. The van der Waals surface area contributed by atoms with Gasteiger partial charge in [0.1, 0.15) is 6.61 Å². The van der Waals surface area contributed by atoms with Crippen molar-refractivity contribution in [3.05, 3.63) is 69.7 Å². The summed E-state index contributed by atoms with van der Waals surface area (Å²) >= 11 is 3.24. The quantitative estimate of drug-likeness (QED) is 0.792. The molecule has 0 saturated carbocycles. The van der Waals surface area contributed by atoms with Crippen LogP contribution in [0.15, 0.2) is 53.0 Å². The first-order valence-electron chi connectivity index (χ1n) is 6.20. The monoisotopic (exact) mass is 348 g/mol. The van der Waals surface area contributed by atoms with Gasteiger partial charge in [0.2, 0.25) is 0 Å². The van der Waals surface area contributed by atoms with E-state index in [9.17, 15) is 9.59 Å². The molecule has 0 N–H and O–H groups in total. The van der Waals surface area contributed by atoms with Gasteiger partial charge < -0.3 is 9.47 Å². The Labute approximate surface area is 130 Å². The molecule has 0 aliphatic heterocycles. The van der Waals surface area contributed by atoms with E-state index in [1.807, 2.05) is 30.3 Å². The summed E-state index contributed by atoms with van der Waals surface area (Å²) in [6.45, 7) is 0.184. The number of hydrogen-bond donors (Lipinski definition) is 0. The van der Waals surface area contributed by atoms with E-state index in [1.165, 1.54) is 13.2 Å². The van der Waals surface area contributed by atoms with Gasteiger partial charge in [0.05, 0.1) is 18.2 Å². The molecule has 0 aromatic heterocycles. The van der Waals surface area contributed by atoms with Crippen LogP contribution in [0.4, 0.5) is 0 Å². The highest BCUT2D eigenvalue weighted by molar-refractivity contribution is 9.10. The number of carbonyl (C=O) groups excluding carboxylic acids is 2. The summed E-state index contributed by atoms with van der Waals surface area (Å²) in [6, 6.07) is 14.0. The van der Waals surface area contributed by atoms with Crippen LogP contribution in [-0.4, -0.2) is 19.0 Å². The minimum absolute atomic E-state index is 0.184. The average molecular weight is 349 g/mol. The third-order valence-electron chi connectivity index (χ3n) is 2.82. The fourth-order valence-corrected chi connectivity index (χ4v) is 2.13. The van der Waals surface area contributed by atoms with Crippen molar-refractivity contribution >= 4 is 27.9 Å². The lowest BCUT2D eigenvalue weighted by Gasteiger charge is -2.07. The third-order valence-corrected chi connectivity index (χ3v) is 3.51. The number of methoxy groups -OCH3 is 1. The predicted molar refractivity (Wildman–Crippen MR) is 81.0 cm³/mol. The van der Waals surface area contributed by atoms with Crippen molar-refractivity contribution in [2.45, 2.75) is 6.61 Å². The van der Waals surface area contributed by atoms with Crippen LogP contribution < -0.4 is 0 Å². The summed E-state index contributed by atoms with van der Waals surface area (Å²) in [5.41, 5.74) is 1.48. The molecule has 0 aliphatic carbocycles. The van der Waals surface area contributed by atoms with Crippen molar-refractivity contribution in [2.75, 3.05) is 7.11 Å². The van der Waals surface area contributed by atoms with Gasteiger partial charge in [-0.1, -0.05) is 30.3 Å². The molecule has 5 heteroatoms. The topological polar surface area (TPSA) is 52.6 Å². The molecule has 0 amide bonds. The Balaban J connectivity index is 2.11. The molecule has 0 bridgehead atoms. The molecule has 0 atom stereocenters. The van der Waals surface area contributed by atoms with Gasteiger partial charge in [-0.05, 0) is 39.7 Å². The van der Waals surface area contributed by atoms with Crippen LogP contribution >= 0.6 is 15.9 Å². The molecule has 0 aliphatic rings. The van der Waals surface area contributed by atoms with E-state index in [0.29, 0.717) is 10.0 Å². The maximum atomic E-state index is 12.0. The smallest absolute Gasteiger partial charge is 0.339 e. The van der Waals surface area contributed by atoms with Crippen molar-refractivity contribution in [1.29, 1.82) is 0 Å². The van der Waals surface area contributed by atoms with E-state index in [2.05, 4.69) is 20.7 Å². The van der Waals surface area contributed by atoms with E-state index in [0.717, 1.165) is 5.56 Å². The standard InChI is InChI=1S/C16H13BrO4/c1-20-16(19)13-9-12(7-8-14(13)17)15(18)21-10-11-5-3-2-4-6-11/h2-9H,10H2,1H3. The Morgan fingerprint density at radius 1 is 1.05 bits per heavy atom. The molecule has 108 valence electrons. The van der Waals surface area contributed by atoms with E-state index < -0.39 is 11.9 Å². The van der Waals surface area contributed by atoms with Crippen molar-refractivity contribution in [3.8, 4) is 0 Å². The van der Waals surface area contributed by atoms with E-state index in [4.69, 9.17) is 4.74 Å². The first-order chi connectivity index (χ1) is 10.1. The number of carbonyl (C=O) groups is 2. The highest BCUT2D eigenvalue weighted by atomic mass is 79.9. The van der Waals surface area contributed by atoms with Gasteiger partial charge >= 0.3 is 11.9 Å². The lowest BCUT2D eigenvalue weighted by Crippen LogP contribution is -2.08. The fraction of sp³-hybridized carbons (Fsp3) is 0.125. The fourth-order valence-electron chi connectivity index (χ4n) is 1.73.